The van der Waals surface area contributed by atoms with E-state index in [1.54, 1.807) is 11.8 Å². The van der Waals surface area contributed by atoms with Gasteiger partial charge in [-0.1, -0.05) is 35.9 Å². The first-order valence-corrected chi connectivity index (χ1v) is 8.54. The highest BCUT2D eigenvalue weighted by molar-refractivity contribution is 5.91. The van der Waals surface area contributed by atoms with E-state index in [0.717, 1.165) is 22.4 Å². The van der Waals surface area contributed by atoms with E-state index in [1.807, 2.05) is 63.2 Å². The van der Waals surface area contributed by atoms with E-state index in [-0.39, 0.29) is 11.8 Å². The molecule has 0 radical (unpaired) electrons. The molecule has 2 rings (SSSR count). The largest absolute Gasteiger partial charge is 0.354 e. The molecule has 0 atom stereocenters. The molecule has 132 valence electrons. The number of carbonyl (C=O) groups is 2. The molecule has 0 spiro atoms. The third-order valence-corrected chi connectivity index (χ3v) is 4.29. The number of benzene rings is 2. The van der Waals surface area contributed by atoms with Crippen molar-refractivity contribution >= 4 is 17.5 Å². The van der Waals surface area contributed by atoms with Crippen LogP contribution < -0.4 is 10.2 Å². The highest BCUT2D eigenvalue weighted by Gasteiger charge is 2.12. The quantitative estimate of drug-likeness (QED) is 0.878. The molecule has 2 amide bonds. The van der Waals surface area contributed by atoms with Crippen molar-refractivity contribution < 1.29 is 9.59 Å². The van der Waals surface area contributed by atoms with E-state index >= 15 is 0 Å². The smallest absolute Gasteiger partial charge is 0.224 e. The second-order valence-electron chi connectivity index (χ2n) is 6.46. The van der Waals surface area contributed by atoms with Gasteiger partial charge < -0.3 is 10.2 Å². The SMILES string of the molecule is CC(=O)N(CCNC(=O)Cc1cccc(C)c1)c1ccc(C)c(C)c1. The van der Waals surface area contributed by atoms with Gasteiger partial charge in [0.1, 0.15) is 0 Å². The number of amides is 2. The van der Waals surface area contributed by atoms with Gasteiger partial charge in [-0.2, -0.15) is 0 Å². The number of carbonyl (C=O) groups excluding carboxylic acids is 2. The van der Waals surface area contributed by atoms with Crippen LogP contribution in [-0.4, -0.2) is 24.9 Å². The fraction of sp³-hybridized carbons (Fsp3) is 0.333. The van der Waals surface area contributed by atoms with Gasteiger partial charge in [0.25, 0.3) is 0 Å². The first-order valence-electron chi connectivity index (χ1n) is 8.54. The van der Waals surface area contributed by atoms with E-state index < -0.39 is 0 Å². The summed E-state index contributed by atoms with van der Waals surface area (Å²) in [5.74, 6) is -0.0645. The Balaban J connectivity index is 1.92. The Labute approximate surface area is 149 Å². The lowest BCUT2D eigenvalue weighted by Gasteiger charge is -2.22. The summed E-state index contributed by atoms with van der Waals surface area (Å²) in [6.45, 7) is 8.51. The Bertz CT molecular complexity index is 768. The minimum Gasteiger partial charge on any atom is -0.354 e. The molecule has 0 saturated heterocycles. The van der Waals surface area contributed by atoms with Crippen molar-refractivity contribution in [1.82, 2.24) is 5.32 Å². The van der Waals surface area contributed by atoms with Gasteiger partial charge >= 0.3 is 0 Å². The number of aryl methyl sites for hydroxylation is 3. The minimum absolute atomic E-state index is 0.0313. The zero-order valence-electron chi connectivity index (χ0n) is 15.4. The lowest BCUT2D eigenvalue weighted by atomic mass is 10.1. The second-order valence-corrected chi connectivity index (χ2v) is 6.46. The molecule has 1 N–H and O–H groups in total. The average Bonchev–Trinajstić information content (AvgIpc) is 2.54. The summed E-state index contributed by atoms with van der Waals surface area (Å²) in [5, 5.41) is 2.90. The van der Waals surface area contributed by atoms with E-state index in [1.165, 1.54) is 5.56 Å². The summed E-state index contributed by atoms with van der Waals surface area (Å²) in [4.78, 5) is 25.7. The van der Waals surface area contributed by atoms with Gasteiger partial charge in [0.2, 0.25) is 11.8 Å². The molecule has 0 aliphatic heterocycles. The van der Waals surface area contributed by atoms with Crippen LogP contribution in [0.25, 0.3) is 0 Å². The van der Waals surface area contributed by atoms with E-state index in [0.29, 0.717) is 19.5 Å². The van der Waals surface area contributed by atoms with Gasteiger partial charge in [-0.15, -0.1) is 0 Å². The molecular formula is C21H26N2O2. The molecule has 0 aliphatic carbocycles. The van der Waals surface area contributed by atoms with Crippen LogP contribution in [0, 0.1) is 20.8 Å². The van der Waals surface area contributed by atoms with Crippen LogP contribution in [0.1, 0.15) is 29.2 Å². The van der Waals surface area contributed by atoms with Crippen molar-refractivity contribution in [2.24, 2.45) is 0 Å². The van der Waals surface area contributed by atoms with Crippen LogP contribution in [-0.2, 0) is 16.0 Å². The zero-order chi connectivity index (χ0) is 18.4. The molecule has 4 heteroatoms. The zero-order valence-corrected chi connectivity index (χ0v) is 15.4. The number of rotatable bonds is 6. The Morgan fingerprint density at radius 2 is 1.76 bits per heavy atom. The van der Waals surface area contributed by atoms with Gasteiger partial charge in [0, 0.05) is 25.7 Å². The Morgan fingerprint density at radius 1 is 1.00 bits per heavy atom. The molecule has 0 fully saturated rings. The summed E-state index contributed by atoms with van der Waals surface area (Å²) < 4.78 is 0. The molecule has 0 aromatic heterocycles. The molecular weight excluding hydrogens is 312 g/mol. The first-order chi connectivity index (χ1) is 11.9. The highest BCUT2D eigenvalue weighted by Crippen LogP contribution is 2.18. The Kier molecular flexibility index (Phi) is 6.34. The van der Waals surface area contributed by atoms with Crippen molar-refractivity contribution in [3.63, 3.8) is 0 Å². The Hall–Kier alpha value is -2.62. The second kappa shape index (κ2) is 8.47. The van der Waals surface area contributed by atoms with Gasteiger partial charge in [-0.25, -0.2) is 0 Å². The van der Waals surface area contributed by atoms with Crippen LogP contribution >= 0.6 is 0 Å². The number of nitrogens with zero attached hydrogens (tertiary/aromatic N) is 1. The third kappa shape index (κ3) is 5.45. The minimum atomic E-state index is -0.0332. The van der Waals surface area contributed by atoms with E-state index in [2.05, 4.69) is 5.32 Å². The molecule has 2 aromatic carbocycles. The van der Waals surface area contributed by atoms with Gasteiger partial charge in [-0.3, -0.25) is 9.59 Å². The maximum atomic E-state index is 12.1. The third-order valence-electron chi connectivity index (χ3n) is 4.29. The monoisotopic (exact) mass is 338 g/mol. The fourth-order valence-electron chi connectivity index (χ4n) is 2.74. The maximum absolute atomic E-state index is 12.1. The van der Waals surface area contributed by atoms with Crippen LogP contribution in [0.4, 0.5) is 5.69 Å². The normalized spacial score (nSPS) is 10.4. The van der Waals surface area contributed by atoms with Crippen LogP contribution in [0.15, 0.2) is 42.5 Å². The fourth-order valence-corrected chi connectivity index (χ4v) is 2.74. The molecule has 2 aromatic rings. The highest BCUT2D eigenvalue weighted by atomic mass is 16.2. The molecule has 0 aliphatic rings. The summed E-state index contributed by atoms with van der Waals surface area (Å²) in [6.07, 6.45) is 0.353. The maximum Gasteiger partial charge on any atom is 0.224 e. The molecule has 0 bridgehead atoms. The topological polar surface area (TPSA) is 49.4 Å². The van der Waals surface area contributed by atoms with Crippen molar-refractivity contribution in [2.45, 2.75) is 34.1 Å². The number of anilines is 1. The summed E-state index contributed by atoms with van der Waals surface area (Å²) in [5.41, 5.74) is 5.34. The van der Waals surface area contributed by atoms with Gasteiger partial charge in [0.15, 0.2) is 0 Å². The average molecular weight is 338 g/mol. The van der Waals surface area contributed by atoms with Gasteiger partial charge in [-0.05, 0) is 49.6 Å². The van der Waals surface area contributed by atoms with Crippen LogP contribution in [0.5, 0.6) is 0 Å². The summed E-state index contributed by atoms with van der Waals surface area (Å²) in [7, 11) is 0. The number of hydrogen-bond acceptors (Lipinski definition) is 2. The molecule has 25 heavy (non-hydrogen) atoms. The van der Waals surface area contributed by atoms with Crippen molar-refractivity contribution in [3.8, 4) is 0 Å². The van der Waals surface area contributed by atoms with E-state index in [9.17, 15) is 9.59 Å². The number of nitrogens with one attached hydrogen (secondary N) is 1. The predicted octanol–water partition coefficient (Wildman–Crippen LogP) is 3.32. The molecule has 0 heterocycles. The van der Waals surface area contributed by atoms with Crippen molar-refractivity contribution in [3.05, 3.63) is 64.7 Å². The molecule has 4 nitrogen and oxygen atoms in total. The van der Waals surface area contributed by atoms with Crippen molar-refractivity contribution in [2.75, 3.05) is 18.0 Å². The Morgan fingerprint density at radius 3 is 2.40 bits per heavy atom. The van der Waals surface area contributed by atoms with E-state index in [4.69, 9.17) is 0 Å². The predicted molar refractivity (Wildman–Crippen MR) is 102 cm³/mol. The van der Waals surface area contributed by atoms with Crippen LogP contribution in [0.2, 0.25) is 0 Å². The summed E-state index contributed by atoms with van der Waals surface area (Å²) in [6, 6.07) is 13.9. The van der Waals surface area contributed by atoms with Crippen molar-refractivity contribution in [1.29, 1.82) is 0 Å². The molecule has 0 unspecified atom stereocenters. The van der Waals surface area contributed by atoms with Crippen LogP contribution in [0.3, 0.4) is 0 Å². The van der Waals surface area contributed by atoms with Gasteiger partial charge in [0.05, 0.1) is 6.42 Å². The lowest BCUT2D eigenvalue weighted by Crippen LogP contribution is -2.38. The molecule has 0 saturated carbocycles. The standard InChI is InChI=1S/C21H26N2O2/c1-15-6-5-7-19(12-15)14-21(25)22-10-11-23(18(4)24)20-9-8-16(2)17(3)13-20/h5-9,12-13H,10-11,14H2,1-4H3,(H,22,25). The first kappa shape index (κ1) is 18.7. The summed E-state index contributed by atoms with van der Waals surface area (Å²) >= 11 is 0. The lowest BCUT2D eigenvalue weighted by molar-refractivity contribution is -0.121. The number of hydrogen-bond donors (Lipinski definition) is 1.